The number of H-pyrrole nitrogens is 1. The number of nitrogens with zero attached hydrogens (tertiary/aromatic N) is 2. The second kappa shape index (κ2) is 9.57. The number of benzene rings is 2. The van der Waals surface area contributed by atoms with Crippen LogP contribution in [0.15, 0.2) is 42.5 Å². The Morgan fingerprint density at radius 1 is 1.03 bits per heavy atom. The molecule has 3 aromatic rings. The normalized spacial score (nSPS) is 15.2. The first-order valence-corrected chi connectivity index (χ1v) is 11.4. The molecule has 33 heavy (non-hydrogen) atoms. The molecule has 2 aromatic carbocycles. The van der Waals surface area contributed by atoms with Gasteiger partial charge in [-0.3, -0.25) is 9.89 Å². The lowest BCUT2D eigenvalue weighted by molar-refractivity contribution is 0.0722. The lowest BCUT2D eigenvalue weighted by atomic mass is 9.95. The Hall–Kier alpha value is -3.48. The van der Waals surface area contributed by atoms with E-state index < -0.39 is 0 Å². The third kappa shape index (κ3) is 4.27. The van der Waals surface area contributed by atoms with Gasteiger partial charge in [-0.1, -0.05) is 19.9 Å². The fraction of sp³-hybridized carbons (Fsp3) is 0.385. The predicted molar refractivity (Wildman–Crippen MR) is 127 cm³/mol. The number of hydrogen-bond acceptors (Lipinski definition) is 5. The van der Waals surface area contributed by atoms with E-state index in [2.05, 4.69) is 24.0 Å². The summed E-state index contributed by atoms with van der Waals surface area (Å²) in [5, 5.41) is 7.55. The van der Waals surface area contributed by atoms with Crippen molar-refractivity contribution in [2.75, 3.05) is 26.9 Å². The van der Waals surface area contributed by atoms with Crippen LogP contribution in [0.25, 0.3) is 11.3 Å². The molecule has 0 radical (unpaired) electrons. The highest BCUT2D eigenvalue weighted by Crippen LogP contribution is 2.45. The van der Waals surface area contributed by atoms with E-state index in [1.807, 2.05) is 61.2 Å². The van der Waals surface area contributed by atoms with Gasteiger partial charge < -0.3 is 19.1 Å². The topological polar surface area (TPSA) is 76.7 Å². The van der Waals surface area contributed by atoms with E-state index in [0.717, 1.165) is 28.1 Å². The van der Waals surface area contributed by atoms with Gasteiger partial charge in [0.2, 0.25) is 0 Å². The van der Waals surface area contributed by atoms with Gasteiger partial charge >= 0.3 is 0 Å². The maximum absolute atomic E-state index is 13.4. The van der Waals surface area contributed by atoms with Crippen molar-refractivity contribution in [1.29, 1.82) is 0 Å². The van der Waals surface area contributed by atoms with Crippen LogP contribution in [0.1, 0.15) is 55.4 Å². The van der Waals surface area contributed by atoms with Crippen LogP contribution in [0.3, 0.4) is 0 Å². The number of carbonyl (C=O) groups excluding carboxylic acids is 1. The SMILES string of the molecule is CCOc1ccc(C2c3c(-c4ccc(OC)cc4)n[nH]c3C(=O)N2CC(C)C)cc1OCC. The Kier molecular flexibility index (Phi) is 6.58. The number of methoxy groups -OCH3 is 1. The van der Waals surface area contributed by atoms with Crippen molar-refractivity contribution >= 4 is 5.91 Å². The highest BCUT2D eigenvalue weighted by Gasteiger charge is 2.42. The number of rotatable bonds is 9. The molecule has 1 amide bonds. The van der Waals surface area contributed by atoms with Crippen LogP contribution < -0.4 is 14.2 Å². The van der Waals surface area contributed by atoms with E-state index in [-0.39, 0.29) is 11.9 Å². The summed E-state index contributed by atoms with van der Waals surface area (Å²) in [6, 6.07) is 13.4. The first-order chi connectivity index (χ1) is 16.0. The first kappa shape index (κ1) is 22.7. The van der Waals surface area contributed by atoms with Crippen molar-refractivity contribution in [2.24, 2.45) is 5.92 Å². The number of ether oxygens (including phenoxy) is 3. The third-order valence-electron chi connectivity index (χ3n) is 5.67. The van der Waals surface area contributed by atoms with Gasteiger partial charge in [0.05, 0.1) is 32.1 Å². The van der Waals surface area contributed by atoms with Crippen molar-refractivity contribution in [3.63, 3.8) is 0 Å². The average Bonchev–Trinajstić information content (AvgIpc) is 3.34. The number of hydrogen-bond donors (Lipinski definition) is 1. The van der Waals surface area contributed by atoms with Crippen LogP contribution in [-0.4, -0.2) is 47.9 Å². The van der Waals surface area contributed by atoms with Crippen LogP contribution in [0, 0.1) is 5.92 Å². The summed E-state index contributed by atoms with van der Waals surface area (Å²) in [5.41, 5.74) is 4.08. The summed E-state index contributed by atoms with van der Waals surface area (Å²) in [6.45, 7) is 9.83. The molecule has 1 aliphatic heterocycles. The zero-order valence-corrected chi connectivity index (χ0v) is 19.8. The van der Waals surface area contributed by atoms with Crippen molar-refractivity contribution < 1.29 is 19.0 Å². The lowest BCUT2D eigenvalue weighted by Crippen LogP contribution is -2.32. The zero-order valence-electron chi connectivity index (χ0n) is 19.8. The van der Waals surface area contributed by atoms with Crippen LogP contribution in [0.5, 0.6) is 17.2 Å². The summed E-state index contributed by atoms with van der Waals surface area (Å²) < 4.78 is 16.9. The van der Waals surface area contributed by atoms with E-state index in [9.17, 15) is 4.79 Å². The second-order valence-electron chi connectivity index (χ2n) is 8.42. The van der Waals surface area contributed by atoms with Crippen LogP contribution in [-0.2, 0) is 0 Å². The van der Waals surface area contributed by atoms with Crippen molar-refractivity contribution in [3.8, 4) is 28.5 Å². The van der Waals surface area contributed by atoms with Crippen molar-refractivity contribution in [2.45, 2.75) is 33.7 Å². The molecular weight excluding hydrogens is 418 g/mol. The summed E-state index contributed by atoms with van der Waals surface area (Å²) in [7, 11) is 1.64. The number of carbonyl (C=O) groups is 1. The Balaban J connectivity index is 1.85. The molecule has 2 heterocycles. The van der Waals surface area contributed by atoms with Gasteiger partial charge in [-0.2, -0.15) is 5.10 Å². The molecule has 1 unspecified atom stereocenters. The van der Waals surface area contributed by atoms with Gasteiger partial charge in [-0.15, -0.1) is 0 Å². The molecular formula is C26H31N3O4. The Morgan fingerprint density at radius 2 is 1.73 bits per heavy atom. The molecule has 1 aliphatic rings. The van der Waals surface area contributed by atoms with E-state index in [4.69, 9.17) is 14.2 Å². The molecule has 0 saturated carbocycles. The van der Waals surface area contributed by atoms with Gasteiger partial charge in [0.25, 0.3) is 5.91 Å². The number of fused-ring (bicyclic) bond motifs is 1. The number of aromatic amines is 1. The highest BCUT2D eigenvalue weighted by atomic mass is 16.5. The molecule has 1 N–H and O–H groups in total. The van der Waals surface area contributed by atoms with Gasteiger partial charge in [0.1, 0.15) is 11.4 Å². The summed E-state index contributed by atoms with van der Waals surface area (Å²) >= 11 is 0. The Bertz CT molecular complexity index is 1120. The minimum Gasteiger partial charge on any atom is -0.497 e. The van der Waals surface area contributed by atoms with E-state index >= 15 is 0 Å². The molecule has 0 aliphatic carbocycles. The monoisotopic (exact) mass is 449 g/mol. The largest absolute Gasteiger partial charge is 0.497 e. The fourth-order valence-electron chi connectivity index (χ4n) is 4.33. The highest BCUT2D eigenvalue weighted by molar-refractivity contribution is 6.00. The van der Waals surface area contributed by atoms with Gasteiger partial charge in [-0.25, -0.2) is 0 Å². The van der Waals surface area contributed by atoms with E-state index in [1.165, 1.54) is 0 Å². The molecule has 0 spiro atoms. The average molecular weight is 450 g/mol. The van der Waals surface area contributed by atoms with Gasteiger partial charge in [0.15, 0.2) is 11.5 Å². The fourth-order valence-corrected chi connectivity index (χ4v) is 4.33. The quantitative estimate of drug-likeness (QED) is 0.493. The molecule has 0 bridgehead atoms. The second-order valence-corrected chi connectivity index (χ2v) is 8.42. The number of aromatic nitrogens is 2. The maximum atomic E-state index is 13.4. The standard InChI is InChI=1S/C26H31N3O4/c1-6-32-20-13-10-18(14-21(20)33-7-2)25-22-23(17-8-11-19(31-5)12-9-17)27-28-24(22)26(30)29(25)15-16(3)4/h8-14,16,25H,6-7,15H2,1-5H3,(H,27,28). The molecule has 1 atom stereocenters. The zero-order chi connectivity index (χ0) is 23.5. The first-order valence-electron chi connectivity index (χ1n) is 11.4. The molecule has 0 saturated heterocycles. The Labute approximate surface area is 194 Å². The lowest BCUT2D eigenvalue weighted by Gasteiger charge is -2.28. The van der Waals surface area contributed by atoms with Crippen LogP contribution in [0.2, 0.25) is 0 Å². The van der Waals surface area contributed by atoms with Gasteiger partial charge in [0, 0.05) is 17.7 Å². The minimum atomic E-state index is -0.277. The maximum Gasteiger partial charge on any atom is 0.273 e. The van der Waals surface area contributed by atoms with E-state index in [0.29, 0.717) is 42.9 Å². The molecule has 0 fully saturated rings. The van der Waals surface area contributed by atoms with Crippen molar-refractivity contribution in [3.05, 3.63) is 59.3 Å². The van der Waals surface area contributed by atoms with Gasteiger partial charge in [-0.05, 0) is 61.7 Å². The molecule has 7 nitrogen and oxygen atoms in total. The minimum absolute atomic E-state index is 0.0391. The Morgan fingerprint density at radius 3 is 2.36 bits per heavy atom. The molecule has 4 rings (SSSR count). The van der Waals surface area contributed by atoms with Crippen molar-refractivity contribution in [1.82, 2.24) is 15.1 Å². The summed E-state index contributed by atoms with van der Waals surface area (Å²) in [6.07, 6.45) is 0. The molecule has 7 heteroatoms. The van der Waals surface area contributed by atoms with E-state index in [1.54, 1.807) is 7.11 Å². The number of amides is 1. The summed E-state index contributed by atoms with van der Waals surface area (Å²) in [4.78, 5) is 15.3. The van der Waals surface area contributed by atoms with Crippen LogP contribution in [0.4, 0.5) is 0 Å². The number of nitrogens with one attached hydrogen (secondary N) is 1. The third-order valence-corrected chi connectivity index (χ3v) is 5.67. The molecule has 1 aromatic heterocycles. The molecule has 174 valence electrons. The smallest absolute Gasteiger partial charge is 0.273 e. The summed E-state index contributed by atoms with van der Waals surface area (Å²) in [5.74, 6) is 2.42. The van der Waals surface area contributed by atoms with Crippen LogP contribution >= 0.6 is 0 Å². The predicted octanol–water partition coefficient (Wildman–Crippen LogP) is 5.08.